The minimum Gasteiger partial charge on any atom is -0.481 e. The van der Waals surface area contributed by atoms with Gasteiger partial charge in [-0.3, -0.25) is 9.59 Å². The summed E-state index contributed by atoms with van der Waals surface area (Å²) in [6.45, 7) is 4.65. The number of amides is 1. The topological polar surface area (TPSA) is 66.4 Å². The SMILES string of the molecule is CC(C)CC(CNC(=O)C1CC2C=CC1C2)CC(=O)O. The number of fused-ring (bicyclic) bond motifs is 2. The molecule has 1 saturated carbocycles. The molecule has 2 aliphatic rings. The van der Waals surface area contributed by atoms with Crippen molar-refractivity contribution in [3.8, 4) is 0 Å². The Morgan fingerprint density at radius 2 is 2.05 bits per heavy atom. The largest absolute Gasteiger partial charge is 0.481 e. The molecule has 1 amide bonds. The number of carboxylic acids is 1. The molecule has 0 radical (unpaired) electrons. The Morgan fingerprint density at radius 1 is 1.30 bits per heavy atom. The maximum Gasteiger partial charge on any atom is 0.303 e. The third-order valence-corrected chi connectivity index (χ3v) is 4.45. The fourth-order valence-corrected chi connectivity index (χ4v) is 3.61. The van der Waals surface area contributed by atoms with Crippen molar-refractivity contribution in [3.63, 3.8) is 0 Å². The van der Waals surface area contributed by atoms with Gasteiger partial charge >= 0.3 is 5.97 Å². The molecule has 2 bridgehead atoms. The summed E-state index contributed by atoms with van der Waals surface area (Å²) >= 11 is 0. The molecule has 0 aromatic rings. The third-order valence-electron chi connectivity index (χ3n) is 4.45. The summed E-state index contributed by atoms with van der Waals surface area (Å²) < 4.78 is 0. The first-order chi connectivity index (χ1) is 9.45. The van der Waals surface area contributed by atoms with Crippen molar-refractivity contribution in [2.24, 2.45) is 29.6 Å². The predicted molar refractivity (Wildman–Crippen MR) is 77.1 cm³/mol. The normalized spacial score (nSPS) is 28.9. The van der Waals surface area contributed by atoms with Crippen LogP contribution in [0.2, 0.25) is 0 Å². The molecular formula is C16H25NO3. The van der Waals surface area contributed by atoms with Gasteiger partial charge in [0.25, 0.3) is 0 Å². The maximum atomic E-state index is 12.2. The molecule has 1 fully saturated rings. The van der Waals surface area contributed by atoms with Crippen LogP contribution < -0.4 is 5.32 Å². The number of hydrogen-bond donors (Lipinski definition) is 2. The quantitative estimate of drug-likeness (QED) is 0.703. The van der Waals surface area contributed by atoms with E-state index < -0.39 is 5.97 Å². The monoisotopic (exact) mass is 279 g/mol. The van der Waals surface area contributed by atoms with E-state index in [1.54, 1.807) is 0 Å². The fourth-order valence-electron chi connectivity index (χ4n) is 3.61. The van der Waals surface area contributed by atoms with Gasteiger partial charge < -0.3 is 10.4 Å². The zero-order valence-electron chi connectivity index (χ0n) is 12.3. The Balaban J connectivity index is 1.80. The highest BCUT2D eigenvalue weighted by Crippen LogP contribution is 2.43. The molecule has 0 aliphatic heterocycles. The Bertz CT molecular complexity index is 403. The van der Waals surface area contributed by atoms with Crippen LogP contribution in [0.1, 0.15) is 39.5 Å². The molecule has 0 saturated heterocycles. The van der Waals surface area contributed by atoms with Crippen LogP contribution in [0.15, 0.2) is 12.2 Å². The van der Waals surface area contributed by atoms with E-state index in [2.05, 4.69) is 31.3 Å². The van der Waals surface area contributed by atoms with E-state index in [9.17, 15) is 9.59 Å². The summed E-state index contributed by atoms with van der Waals surface area (Å²) in [4.78, 5) is 23.1. The lowest BCUT2D eigenvalue weighted by Gasteiger charge is -2.21. The Kier molecular flexibility index (Phi) is 4.84. The van der Waals surface area contributed by atoms with Crippen molar-refractivity contribution < 1.29 is 14.7 Å². The number of rotatable bonds is 7. The van der Waals surface area contributed by atoms with Crippen LogP contribution in [0.3, 0.4) is 0 Å². The van der Waals surface area contributed by atoms with Gasteiger partial charge in [-0.1, -0.05) is 26.0 Å². The molecular weight excluding hydrogens is 254 g/mol. The highest BCUT2D eigenvalue weighted by molar-refractivity contribution is 5.80. The molecule has 4 atom stereocenters. The lowest BCUT2D eigenvalue weighted by molar-refractivity contribution is -0.138. The summed E-state index contributed by atoms with van der Waals surface area (Å²) in [5.41, 5.74) is 0. The van der Waals surface area contributed by atoms with Crippen LogP contribution in [-0.4, -0.2) is 23.5 Å². The predicted octanol–water partition coefficient (Wildman–Crippen LogP) is 2.45. The van der Waals surface area contributed by atoms with Gasteiger partial charge in [0, 0.05) is 18.9 Å². The highest BCUT2D eigenvalue weighted by atomic mass is 16.4. The minimum atomic E-state index is -0.784. The van der Waals surface area contributed by atoms with Gasteiger partial charge in [-0.05, 0) is 42.9 Å². The molecule has 2 rings (SSSR count). The van der Waals surface area contributed by atoms with Crippen LogP contribution in [0, 0.1) is 29.6 Å². The van der Waals surface area contributed by atoms with Gasteiger partial charge in [0.15, 0.2) is 0 Å². The van der Waals surface area contributed by atoms with E-state index in [4.69, 9.17) is 5.11 Å². The van der Waals surface area contributed by atoms with E-state index in [1.165, 1.54) is 0 Å². The van der Waals surface area contributed by atoms with Gasteiger partial charge in [-0.25, -0.2) is 0 Å². The standard InChI is InChI=1S/C16H25NO3/c1-10(2)5-12(8-15(18)19)9-17-16(20)14-7-11-3-4-13(14)6-11/h3-4,10-14H,5-9H2,1-2H3,(H,17,20)(H,18,19). The van der Waals surface area contributed by atoms with E-state index >= 15 is 0 Å². The molecule has 0 aromatic carbocycles. The number of hydrogen-bond acceptors (Lipinski definition) is 2. The average Bonchev–Trinajstić information content (AvgIpc) is 2.96. The molecule has 0 aromatic heterocycles. The first-order valence-electron chi connectivity index (χ1n) is 7.63. The van der Waals surface area contributed by atoms with Crippen molar-refractivity contribution in [2.75, 3.05) is 6.54 Å². The first kappa shape index (κ1) is 15.1. The Hall–Kier alpha value is -1.32. The molecule has 2 N–H and O–H groups in total. The van der Waals surface area contributed by atoms with Crippen molar-refractivity contribution in [1.29, 1.82) is 0 Å². The van der Waals surface area contributed by atoms with E-state index in [-0.39, 0.29) is 24.2 Å². The van der Waals surface area contributed by atoms with Gasteiger partial charge in [0.1, 0.15) is 0 Å². The highest BCUT2D eigenvalue weighted by Gasteiger charge is 2.39. The number of nitrogens with one attached hydrogen (secondary N) is 1. The molecule has 4 heteroatoms. The number of carbonyl (C=O) groups excluding carboxylic acids is 1. The van der Waals surface area contributed by atoms with Crippen LogP contribution in [0.4, 0.5) is 0 Å². The van der Waals surface area contributed by atoms with Gasteiger partial charge in [-0.2, -0.15) is 0 Å². The average molecular weight is 279 g/mol. The molecule has 0 heterocycles. The molecule has 4 nitrogen and oxygen atoms in total. The van der Waals surface area contributed by atoms with Crippen LogP contribution in [0.5, 0.6) is 0 Å². The lowest BCUT2D eigenvalue weighted by Crippen LogP contribution is -2.36. The minimum absolute atomic E-state index is 0.0329. The third kappa shape index (κ3) is 3.84. The smallest absolute Gasteiger partial charge is 0.303 e. The summed E-state index contributed by atoms with van der Waals surface area (Å²) in [5.74, 6) is 0.903. The number of allylic oxidation sites excluding steroid dienone is 2. The van der Waals surface area contributed by atoms with E-state index in [0.717, 1.165) is 19.3 Å². The Morgan fingerprint density at radius 3 is 2.55 bits per heavy atom. The zero-order valence-corrected chi connectivity index (χ0v) is 12.3. The van der Waals surface area contributed by atoms with Crippen LogP contribution in [0.25, 0.3) is 0 Å². The Labute approximate surface area is 120 Å². The molecule has 20 heavy (non-hydrogen) atoms. The number of carbonyl (C=O) groups is 2. The fraction of sp³-hybridized carbons (Fsp3) is 0.750. The van der Waals surface area contributed by atoms with Gasteiger partial charge in [0.05, 0.1) is 0 Å². The van der Waals surface area contributed by atoms with Gasteiger partial charge in [0.2, 0.25) is 5.91 Å². The van der Waals surface area contributed by atoms with Crippen molar-refractivity contribution in [1.82, 2.24) is 5.32 Å². The molecule has 4 unspecified atom stereocenters. The maximum absolute atomic E-state index is 12.2. The second-order valence-electron chi connectivity index (χ2n) is 6.73. The second-order valence-corrected chi connectivity index (χ2v) is 6.73. The summed E-state index contributed by atoms with van der Waals surface area (Å²) in [6.07, 6.45) is 7.43. The van der Waals surface area contributed by atoms with Crippen molar-refractivity contribution in [3.05, 3.63) is 12.2 Å². The zero-order chi connectivity index (χ0) is 14.7. The summed E-state index contributed by atoms with van der Waals surface area (Å²) in [5, 5.41) is 11.9. The number of carboxylic acid groups (broad SMARTS) is 1. The van der Waals surface area contributed by atoms with Crippen LogP contribution >= 0.6 is 0 Å². The lowest BCUT2D eigenvalue weighted by atomic mass is 9.91. The summed E-state index contributed by atoms with van der Waals surface area (Å²) in [6, 6.07) is 0. The molecule has 112 valence electrons. The number of aliphatic carboxylic acids is 1. The van der Waals surface area contributed by atoms with E-state index in [0.29, 0.717) is 24.3 Å². The second kappa shape index (κ2) is 6.42. The molecule has 0 spiro atoms. The van der Waals surface area contributed by atoms with Crippen molar-refractivity contribution in [2.45, 2.75) is 39.5 Å². The van der Waals surface area contributed by atoms with Crippen LogP contribution in [-0.2, 0) is 9.59 Å². The molecule has 2 aliphatic carbocycles. The van der Waals surface area contributed by atoms with Gasteiger partial charge in [-0.15, -0.1) is 0 Å². The first-order valence-corrected chi connectivity index (χ1v) is 7.63. The van der Waals surface area contributed by atoms with E-state index in [1.807, 2.05) is 0 Å². The summed E-state index contributed by atoms with van der Waals surface area (Å²) in [7, 11) is 0. The van der Waals surface area contributed by atoms with Crippen molar-refractivity contribution >= 4 is 11.9 Å².